The fourth-order valence-electron chi connectivity index (χ4n) is 0.402. The molecule has 0 fully saturated rings. The molecule has 0 saturated carbocycles. The normalized spacial score (nSPS) is 11.5. The van der Waals surface area contributed by atoms with Crippen molar-refractivity contribution in [2.75, 3.05) is 0 Å². The first-order valence-electron chi connectivity index (χ1n) is 4.12. The van der Waals surface area contributed by atoms with Crippen molar-refractivity contribution in [1.82, 2.24) is 0 Å². The van der Waals surface area contributed by atoms with Crippen molar-refractivity contribution in [3.05, 3.63) is 24.9 Å². The molecule has 0 radical (unpaired) electrons. The SMILES string of the molecule is C=CN=C(C)N=C/C=C\C.CC. The van der Waals surface area contributed by atoms with Gasteiger partial charge < -0.3 is 0 Å². The number of aliphatic imine (C=N–C) groups is 2. The maximum Gasteiger partial charge on any atom is 0.125 e. The molecule has 0 saturated heterocycles. The molecule has 0 amide bonds. The van der Waals surface area contributed by atoms with E-state index in [2.05, 4.69) is 16.6 Å². The molecule has 0 heterocycles. The minimum atomic E-state index is 0.716. The van der Waals surface area contributed by atoms with Crippen molar-refractivity contribution in [2.24, 2.45) is 9.98 Å². The van der Waals surface area contributed by atoms with E-state index in [9.17, 15) is 0 Å². The van der Waals surface area contributed by atoms with Gasteiger partial charge in [-0.25, -0.2) is 9.98 Å². The quantitative estimate of drug-likeness (QED) is 0.444. The Bertz CT molecular complexity index is 176. The number of hydrogen-bond acceptors (Lipinski definition) is 1. The lowest BCUT2D eigenvalue weighted by Crippen LogP contribution is -1.82. The highest BCUT2D eigenvalue weighted by Gasteiger charge is 1.75. The van der Waals surface area contributed by atoms with Crippen LogP contribution in [0.2, 0.25) is 0 Å². The monoisotopic (exact) mass is 166 g/mol. The van der Waals surface area contributed by atoms with Gasteiger partial charge in [0.1, 0.15) is 5.84 Å². The van der Waals surface area contributed by atoms with Crippen LogP contribution in [0.1, 0.15) is 27.7 Å². The van der Waals surface area contributed by atoms with Gasteiger partial charge in [-0.1, -0.05) is 26.5 Å². The van der Waals surface area contributed by atoms with E-state index < -0.39 is 0 Å². The molecule has 0 aromatic carbocycles. The summed E-state index contributed by atoms with van der Waals surface area (Å²) in [5.74, 6) is 0.716. The Morgan fingerprint density at radius 1 is 1.33 bits per heavy atom. The third kappa shape index (κ3) is 11.6. The number of hydrogen-bond donors (Lipinski definition) is 0. The van der Waals surface area contributed by atoms with E-state index in [4.69, 9.17) is 0 Å². The van der Waals surface area contributed by atoms with Crippen LogP contribution in [0.15, 0.2) is 34.9 Å². The first kappa shape index (κ1) is 13.4. The highest BCUT2D eigenvalue weighted by molar-refractivity contribution is 5.90. The van der Waals surface area contributed by atoms with Crippen LogP contribution in [-0.2, 0) is 0 Å². The summed E-state index contributed by atoms with van der Waals surface area (Å²) in [5, 5.41) is 0. The van der Waals surface area contributed by atoms with Gasteiger partial charge in [-0.15, -0.1) is 0 Å². The standard InChI is InChI=1S/C8H12N2.C2H6/c1-4-6-7-10-8(3)9-5-2;1-2/h4-7H,2H2,1,3H3;1-2H3/b6-4-,9-8?,10-7?;. The van der Waals surface area contributed by atoms with Gasteiger partial charge in [0.15, 0.2) is 0 Å². The van der Waals surface area contributed by atoms with E-state index in [-0.39, 0.29) is 0 Å². The van der Waals surface area contributed by atoms with Crippen LogP contribution < -0.4 is 0 Å². The zero-order valence-electron chi connectivity index (χ0n) is 8.41. The second kappa shape index (κ2) is 12.5. The van der Waals surface area contributed by atoms with E-state index in [1.807, 2.05) is 39.8 Å². The molecule has 0 spiro atoms. The van der Waals surface area contributed by atoms with Crippen LogP contribution in [0.25, 0.3) is 0 Å². The minimum absolute atomic E-state index is 0.716. The molecular formula is C10H18N2. The number of rotatable bonds is 2. The van der Waals surface area contributed by atoms with Crippen LogP contribution in [0.4, 0.5) is 0 Å². The molecule has 0 N–H and O–H groups in total. The van der Waals surface area contributed by atoms with Crippen molar-refractivity contribution >= 4 is 12.1 Å². The molecule has 0 aliphatic heterocycles. The molecule has 0 atom stereocenters. The molecule has 0 bridgehead atoms. The zero-order valence-corrected chi connectivity index (χ0v) is 8.41. The predicted octanol–water partition coefficient (Wildman–Crippen LogP) is 3.22. The maximum absolute atomic E-state index is 3.97. The molecule has 0 unspecified atom stereocenters. The van der Waals surface area contributed by atoms with Crippen LogP contribution in [0.3, 0.4) is 0 Å². The first-order chi connectivity index (χ1) is 5.81. The first-order valence-corrected chi connectivity index (χ1v) is 4.12. The summed E-state index contributed by atoms with van der Waals surface area (Å²) in [6.45, 7) is 11.2. The van der Waals surface area contributed by atoms with Gasteiger partial charge in [-0.2, -0.15) is 0 Å². The van der Waals surface area contributed by atoms with Gasteiger partial charge in [0.05, 0.1) is 0 Å². The minimum Gasteiger partial charge on any atom is -0.242 e. The lowest BCUT2D eigenvalue weighted by molar-refractivity contribution is 1.48. The average Bonchev–Trinajstić information content (AvgIpc) is 2.09. The van der Waals surface area contributed by atoms with Gasteiger partial charge in [0.2, 0.25) is 0 Å². The van der Waals surface area contributed by atoms with Gasteiger partial charge in [-0.05, 0) is 19.9 Å². The van der Waals surface area contributed by atoms with Crippen LogP contribution in [0, 0.1) is 0 Å². The molecule has 68 valence electrons. The summed E-state index contributed by atoms with van der Waals surface area (Å²) in [6, 6.07) is 0. The molecule has 0 rings (SSSR count). The molecule has 0 aliphatic carbocycles. The lowest BCUT2D eigenvalue weighted by Gasteiger charge is -1.83. The van der Waals surface area contributed by atoms with Crippen molar-refractivity contribution in [1.29, 1.82) is 0 Å². The van der Waals surface area contributed by atoms with Crippen molar-refractivity contribution in [3.63, 3.8) is 0 Å². The number of nitrogens with zero attached hydrogens (tertiary/aromatic N) is 2. The van der Waals surface area contributed by atoms with Gasteiger partial charge >= 0.3 is 0 Å². The second-order valence-electron chi connectivity index (χ2n) is 1.66. The molecular weight excluding hydrogens is 148 g/mol. The smallest absolute Gasteiger partial charge is 0.125 e. The van der Waals surface area contributed by atoms with E-state index in [0.717, 1.165) is 0 Å². The predicted molar refractivity (Wildman–Crippen MR) is 58.0 cm³/mol. The van der Waals surface area contributed by atoms with Gasteiger partial charge in [0.25, 0.3) is 0 Å². The Morgan fingerprint density at radius 2 is 1.92 bits per heavy atom. The molecule has 2 nitrogen and oxygen atoms in total. The molecule has 0 aliphatic rings. The zero-order chi connectivity index (χ0) is 9.82. The fraction of sp³-hybridized carbons (Fsp3) is 0.400. The van der Waals surface area contributed by atoms with E-state index in [1.54, 1.807) is 6.21 Å². The summed E-state index contributed by atoms with van der Waals surface area (Å²) < 4.78 is 0. The lowest BCUT2D eigenvalue weighted by atomic mass is 10.5. The molecule has 2 heteroatoms. The average molecular weight is 166 g/mol. The highest BCUT2D eigenvalue weighted by Crippen LogP contribution is 1.79. The van der Waals surface area contributed by atoms with Crippen LogP contribution in [0.5, 0.6) is 0 Å². The fourth-order valence-corrected chi connectivity index (χ4v) is 0.402. The summed E-state index contributed by atoms with van der Waals surface area (Å²) in [5.41, 5.74) is 0. The third-order valence-electron chi connectivity index (χ3n) is 0.818. The van der Waals surface area contributed by atoms with E-state index in [1.165, 1.54) is 6.20 Å². The maximum atomic E-state index is 3.97. The number of amidine groups is 1. The Labute approximate surface area is 75.4 Å². The summed E-state index contributed by atoms with van der Waals surface area (Å²) in [7, 11) is 0. The van der Waals surface area contributed by atoms with E-state index in [0.29, 0.717) is 5.84 Å². The molecule has 0 aromatic rings. The van der Waals surface area contributed by atoms with Crippen LogP contribution >= 0.6 is 0 Å². The number of allylic oxidation sites excluding steroid dienone is 2. The summed E-state index contributed by atoms with van der Waals surface area (Å²) in [4.78, 5) is 7.82. The summed E-state index contributed by atoms with van der Waals surface area (Å²) >= 11 is 0. The Kier molecular flexibility index (Phi) is 14.0. The second-order valence-corrected chi connectivity index (χ2v) is 1.66. The third-order valence-corrected chi connectivity index (χ3v) is 0.818. The highest BCUT2D eigenvalue weighted by atomic mass is 14.9. The van der Waals surface area contributed by atoms with Crippen molar-refractivity contribution in [2.45, 2.75) is 27.7 Å². The Balaban J connectivity index is 0. The Morgan fingerprint density at radius 3 is 2.33 bits per heavy atom. The molecule has 12 heavy (non-hydrogen) atoms. The Hall–Kier alpha value is -1.18. The largest absolute Gasteiger partial charge is 0.242 e. The van der Waals surface area contributed by atoms with Gasteiger partial charge in [-0.3, -0.25) is 0 Å². The van der Waals surface area contributed by atoms with Gasteiger partial charge in [0, 0.05) is 12.4 Å². The summed E-state index contributed by atoms with van der Waals surface area (Å²) in [6.07, 6.45) is 6.93. The van der Waals surface area contributed by atoms with Crippen molar-refractivity contribution < 1.29 is 0 Å². The van der Waals surface area contributed by atoms with Crippen molar-refractivity contribution in [3.8, 4) is 0 Å². The molecule has 0 aromatic heterocycles. The van der Waals surface area contributed by atoms with E-state index >= 15 is 0 Å². The topological polar surface area (TPSA) is 24.7 Å². The van der Waals surface area contributed by atoms with Crippen LogP contribution in [-0.4, -0.2) is 12.1 Å².